The highest BCUT2D eigenvalue weighted by atomic mass is 35.5. The van der Waals surface area contributed by atoms with Crippen molar-refractivity contribution in [2.24, 2.45) is 5.92 Å². The highest BCUT2D eigenvalue weighted by Gasteiger charge is 2.43. The van der Waals surface area contributed by atoms with Gasteiger partial charge in [0.1, 0.15) is 11.4 Å². The van der Waals surface area contributed by atoms with Gasteiger partial charge in [-0.05, 0) is 56.0 Å². The quantitative estimate of drug-likeness (QED) is 0.446. The molecule has 1 aliphatic carbocycles. The number of halogens is 2. The van der Waals surface area contributed by atoms with E-state index in [0.29, 0.717) is 16.6 Å². The number of aromatic nitrogens is 2. The molecule has 1 heterocycles. The minimum Gasteiger partial charge on any atom is -0.337 e. The van der Waals surface area contributed by atoms with Gasteiger partial charge in [-0.15, -0.1) is 0 Å². The molecule has 0 bridgehead atoms. The summed E-state index contributed by atoms with van der Waals surface area (Å²) in [6.45, 7) is 1.72. The van der Waals surface area contributed by atoms with Gasteiger partial charge in [0, 0.05) is 0 Å². The van der Waals surface area contributed by atoms with Crippen LogP contribution in [0.15, 0.2) is 52.4 Å². The van der Waals surface area contributed by atoms with Crippen molar-refractivity contribution in [1.29, 1.82) is 5.26 Å². The molecule has 1 atom stereocenters. The number of carbonyl (C=O) groups excluding carboxylic acids is 1. The Balaban J connectivity index is 1.69. The summed E-state index contributed by atoms with van der Waals surface area (Å²) in [5, 5.41) is 12.8. The Morgan fingerprint density at radius 3 is 2.81 bits per heavy atom. The van der Waals surface area contributed by atoms with Crippen LogP contribution in [-0.2, 0) is 4.79 Å². The first-order chi connectivity index (χ1) is 14.8. The second-order valence-corrected chi connectivity index (χ2v) is 8.93. The average Bonchev–Trinajstić information content (AvgIpc) is 3.60. The van der Waals surface area contributed by atoms with Crippen LogP contribution in [0.25, 0.3) is 16.6 Å². The second-order valence-electron chi connectivity index (χ2n) is 7.58. The zero-order valence-corrected chi connectivity index (χ0v) is 18.1. The van der Waals surface area contributed by atoms with Crippen molar-refractivity contribution < 1.29 is 9.18 Å². The molecule has 4 rings (SSSR count). The molecular weight excluding hydrogens is 439 g/mol. The standard InChI is InChI=1S/C22H18ClFN4O2S/c1-22(12-25,13-6-7-13)27-19(29)11-31-21-26-18-5-3-2-4-15(18)20(30)28(21)14-8-9-17(24)16(23)10-14/h2-5,8-10,13H,6-7,11H2,1H3,(H,27,29). The van der Waals surface area contributed by atoms with Crippen LogP contribution in [0, 0.1) is 23.1 Å². The number of nitrogens with one attached hydrogen (secondary N) is 1. The van der Waals surface area contributed by atoms with E-state index in [4.69, 9.17) is 11.6 Å². The molecule has 1 saturated carbocycles. The maximum Gasteiger partial charge on any atom is 0.266 e. The largest absolute Gasteiger partial charge is 0.337 e. The number of fused-ring (bicyclic) bond motifs is 1. The molecule has 0 radical (unpaired) electrons. The van der Waals surface area contributed by atoms with Crippen LogP contribution >= 0.6 is 23.4 Å². The van der Waals surface area contributed by atoms with E-state index in [0.717, 1.165) is 24.6 Å². The Hall–Kier alpha value is -2.89. The summed E-state index contributed by atoms with van der Waals surface area (Å²) in [5.74, 6) is -0.808. The van der Waals surface area contributed by atoms with Crippen molar-refractivity contribution in [2.75, 3.05) is 5.75 Å². The van der Waals surface area contributed by atoms with Crippen molar-refractivity contribution >= 4 is 40.2 Å². The molecule has 0 aliphatic heterocycles. The fourth-order valence-electron chi connectivity index (χ4n) is 3.40. The Morgan fingerprint density at radius 1 is 1.39 bits per heavy atom. The number of nitrogens with zero attached hydrogens (tertiary/aromatic N) is 3. The fourth-order valence-corrected chi connectivity index (χ4v) is 4.39. The molecule has 1 aliphatic rings. The number of hydrogen-bond donors (Lipinski definition) is 1. The van der Waals surface area contributed by atoms with E-state index in [2.05, 4.69) is 16.4 Å². The lowest BCUT2D eigenvalue weighted by atomic mass is 9.98. The lowest BCUT2D eigenvalue weighted by Crippen LogP contribution is -2.47. The first-order valence-corrected chi connectivity index (χ1v) is 11.0. The fraction of sp³-hybridized carbons (Fsp3) is 0.273. The molecular formula is C22H18ClFN4O2S. The van der Waals surface area contributed by atoms with E-state index < -0.39 is 11.4 Å². The predicted molar refractivity (Wildman–Crippen MR) is 118 cm³/mol. The van der Waals surface area contributed by atoms with Gasteiger partial charge in [-0.25, -0.2) is 9.37 Å². The van der Waals surface area contributed by atoms with Crippen LogP contribution < -0.4 is 10.9 Å². The summed E-state index contributed by atoms with van der Waals surface area (Å²) >= 11 is 6.99. The van der Waals surface area contributed by atoms with E-state index >= 15 is 0 Å². The van der Waals surface area contributed by atoms with Gasteiger partial charge in [0.2, 0.25) is 5.91 Å². The number of carbonyl (C=O) groups is 1. The van der Waals surface area contributed by atoms with E-state index in [-0.39, 0.29) is 33.3 Å². The molecule has 0 saturated heterocycles. The third-order valence-corrected chi connectivity index (χ3v) is 6.49. The third-order valence-electron chi connectivity index (χ3n) is 5.26. The molecule has 1 aromatic heterocycles. The molecule has 1 unspecified atom stereocenters. The summed E-state index contributed by atoms with van der Waals surface area (Å²) in [7, 11) is 0. The van der Waals surface area contributed by atoms with Crippen LogP contribution in [0.1, 0.15) is 19.8 Å². The Kier molecular flexibility index (Phi) is 5.73. The number of para-hydroxylation sites is 1. The number of benzene rings is 2. The van der Waals surface area contributed by atoms with Gasteiger partial charge in [-0.3, -0.25) is 14.2 Å². The smallest absolute Gasteiger partial charge is 0.266 e. The van der Waals surface area contributed by atoms with Crippen LogP contribution in [-0.4, -0.2) is 26.8 Å². The van der Waals surface area contributed by atoms with Crippen LogP contribution in [0.3, 0.4) is 0 Å². The molecule has 3 aromatic rings. The minimum atomic E-state index is -0.904. The van der Waals surface area contributed by atoms with Crippen LogP contribution in [0.5, 0.6) is 0 Å². The van der Waals surface area contributed by atoms with E-state index in [1.807, 2.05) is 0 Å². The number of nitriles is 1. The first kappa shape index (κ1) is 21.3. The number of thioether (sulfide) groups is 1. The van der Waals surface area contributed by atoms with Crippen molar-refractivity contribution in [2.45, 2.75) is 30.5 Å². The summed E-state index contributed by atoms with van der Waals surface area (Å²) < 4.78 is 15.0. The molecule has 6 nitrogen and oxygen atoms in total. The van der Waals surface area contributed by atoms with E-state index in [1.165, 1.54) is 22.8 Å². The molecule has 1 N–H and O–H groups in total. The topological polar surface area (TPSA) is 87.8 Å². The zero-order valence-electron chi connectivity index (χ0n) is 16.6. The molecule has 31 heavy (non-hydrogen) atoms. The maximum absolute atomic E-state index is 13.7. The summed E-state index contributed by atoms with van der Waals surface area (Å²) in [4.78, 5) is 30.3. The summed E-state index contributed by atoms with van der Waals surface area (Å²) in [6, 6.07) is 13.0. The summed E-state index contributed by atoms with van der Waals surface area (Å²) in [5.41, 5.74) is -0.424. The van der Waals surface area contributed by atoms with Crippen molar-refractivity contribution in [3.63, 3.8) is 0 Å². The average molecular weight is 457 g/mol. The van der Waals surface area contributed by atoms with Gasteiger partial charge in [0.05, 0.1) is 33.4 Å². The molecule has 1 fully saturated rings. The van der Waals surface area contributed by atoms with E-state index in [9.17, 15) is 19.2 Å². The normalized spacial score (nSPS) is 15.3. The Labute approximate surface area is 187 Å². The van der Waals surface area contributed by atoms with Gasteiger partial charge in [0.15, 0.2) is 5.16 Å². The highest BCUT2D eigenvalue weighted by Crippen LogP contribution is 2.39. The van der Waals surface area contributed by atoms with E-state index in [1.54, 1.807) is 31.2 Å². The second kappa shape index (κ2) is 8.33. The molecule has 9 heteroatoms. The van der Waals surface area contributed by atoms with Gasteiger partial charge in [0.25, 0.3) is 5.56 Å². The van der Waals surface area contributed by atoms with Crippen molar-refractivity contribution in [3.8, 4) is 11.8 Å². The zero-order chi connectivity index (χ0) is 22.2. The van der Waals surface area contributed by atoms with Crippen LogP contribution in [0.2, 0.25) is 5.02 Å². The summed E-state index contributed by atoms with van der Waals surface area (Å²) in [6.07, 6.45) is 1.82. The van der Waals surface area contributed by atoms with Gasteiger partial charge < -0.3 is 5.32 Å². The van der Waals surface area contributed by atoms with Gasteiger partial charge >= 0.3 is 0 Å². The lowest BCUT2D eigenvalue weighted by molar-refractivity contribution is -0.119. The minimum absolute atomic E-state index is 0.0380. The van der Waals surface area contributed by atoms with Crippen molar-refractivity contribution in [1.82, 2.24) is 14.9 Å². The molecule has 0 spiro atoms. The number of amides is 1. The highest BCUT2D eigenvalue weighted by molar-refractivity contribution is 7.99. The molecule has 158 valence electrons. The monoisotopic (exact) mass is 456 g/mol. The maximum atomic E-state index is 13.7. The van der Waals surface area contributed by atoms with Gasteiger partial charge in [-0.1, -0.05) is 35.5 Å². The number of rotatable bonds is 6. The first-order valence-electron chi connectivity index (χ1n) is 9.64. The van der Waals surface area contributed by atoms with Gasteiger partial charge in [-0.2, -0.15) is 5.26 Å². The Morgan fingerprint density at radius 2 is 2.13 bits per heavy atom. The third kappa shape index (κ3) is 4.29. The van der Waals surface area contributed by atoms with Crippen molar-refractivity contribution in [3.05, 3.63) is 63.7 Å². The molecule has 2 aromatic carbocycles. The molecule has 1 amide bonds. The predicted octanol–water partition coefficient (Wildman–Crippen LogP) is 4.08. The van der Waals surface area contributed by atoms with Crippen LogP contribution in [0.4, 0.5) is 4.39 Å². The Bertz CT molecular complexity index is 1280. The lowest BCUT2D eigenvalue weighted by Gasteiger charge is -2.22. The SMILES string of the molecule is CC(C#N)(NC(=O)CSc1nc2ccccc2c(=O)n1-c1ccc(F)c(Cl)c1)C1CC1. The number of hydrogen-bond acceptors (Lipinski definition) is 5.